The largest absolute Gasteiger partial charge is 0.544 e. The Bertz CT molecular complexity index is 1510. The molecule has 3 aromatic carbocycles. The Morgan fingerprint density at radius 1 is 0.667 bits per heavy atom. The minimum atomic E-state index is -1.98. The number of aliphatic hydroxyl groups is 1. The standard InChI is InChI=1S/C40H58O6Si2/c1-39(2,3)47(10,11)45-32-22-18-29(19-23-32)16-14-15-17-31(38-36(43-8)27-34(42-7)28-37(38)44-9)26-35(41)30-20-24-33(25-21-30)46-48(12,13)40(4,5)6/h18-25,27-28,31,35,41H,14,16,26H2,1-13H3/t31?,35-/m0/s1. The fourth-order valence-corrected chi connectivity index (χ4v) is 6.83. The smallest absolute Gasteiger partial charge is 0.250 e. The van der Waals surface area contributed by atoms with E-state index in [1.165, 1.54) is 5.56 Å². The van der Waals surface area contributed by atoms with Crippen LogP contribution in [0.2, 0.25) is 36.3 Å². The molecule has 8 heteroatoms. The van der Waals surface area contributed by atoms with E-state index in [9.17, 15) is 5.11 Å². The third-order valence-electron chi connectivity index (χ3n) is 9.92. The summed E-state index contributed by atoms with van der Waals surface area (Å²) in [6.45, 7) is 22.4. The SMILES string of the molecule is COc1cc(OC)c(C(C#CCCc2ccc(O[Si](C)(C)C(C)(C)C)cc2)C[C@H](O)c2ccc(O[Si](C)(C)C(C)(C)C)cc2)c(OC)c1. The van der Waals surface area contributed by atoms with E-state index in [4.69, 9.17) is 23.1 Å². The molecule has 0 saturated heterocycles. The molecule has 0 heterocycles. The van der Waals surface area contributed by atoms with Crippen LogP contribution in [0.4, 0.5) is 0 Å². The number of hydrogen-bond acceptors (Lipinski definition) is 6. The van der Waals surface area contributed by atoms with E-state index in [1.54, 1.807) is 21.3 Å². The average Bonchev–Trinajstić information content (AvgIpc) is 3.01. The topological polar surface area (TPSA) is 66.4 Å². The molecule has 0 aliphatic rings. The van der Waals surface area contributed by atoms with Crippen molar-refractivity contribution in [1.82, 2.24) is 0 Å². The molecule has 0 aliphatic carbocycles. The first kappa shape index (κ1) is 39.1. The van der Waals surface area contributed by atoms with Gasteiger partial charge < -0.3 is 28.2 Å². The molecule has 1 unspecified atom stereocenters. The van der Waals surface area contributed by atoms with Gasteiger partial charge in [-0.05, 0) is 84.5 Å². The molecule has 48 heavy (non-hydrogen) atoms. The van der Waals surface area contributed by atoms with Crippen molar-refractivity contribution >= 4 is 16.6 Å². The van der Waals surface area contributed by atoms with Crippen molar-refractivity contribution in [2.24, 2.45) is 0 Å². The first-order valence-electron chi connectivity index (χ1n) is 16.8. The lowest BCUT2D eigenvalue weighted by Gasteiger charge is -2.36. The molecule has 2 atom stereocenters. The summed E-state index contributed by atoms with van der Waals surface area (Å²) in [5, 5.41) is 11.7. The van der Waals surface area contributed by atoms with Crippen molar-refractivity contribution in [1.29, 1.82) is 0 Å². The second kappa shape index (κ2) is 15.9. The van der Waals surface area contributed by atoms with Crippen LogP contribution in [-0.4, -0.2) is 43.1 Å². The van der Waals surface area contributed by atoms with Gasteiger partial charge in [0.15, 0.2) is 0 Å². The first-order chi connectivity index (χ1) is 22.3. The maximum Gasteiger partial charge on any atom is 0.250 e. The highest BCUT2D eigenvalue weighted by Crippen LogP contribution is 2.43. The predicted molar refractivity (Wildman–Crippen MR) is 203 cm³/mol. The van der Waals surface area contributed by atoms with Crippen molar-refractivity contribution in [3.05, 3.63) is 77.4 Å². The summed E-state index contributed by atoms with van der Waals surface area (Å²) >= 11 is 0. The number of methoxy groups -OCH3 is 3. The molecular formula is C40H58O6Si2. The number of aryl methyl sites for hydroxylation is 1. The molecule has 0 radical (unpaired) electrons. The van der Waals surface area contributed by atoms with Gasteiger partial charge in [-0.3, -0.25) is 0 Å². The van der Waals surface area contributed by atoms with Crippen molar-refractivity contribution in [3.8, 4) is 40.6 Å². The Morgan fingerprint density at radius 2 is 1.12 bits per heavy atom. The van der Waals surface area contributed by atoms with E-state index in [0.29, 0.717) is 30.1 Å². The number of benzene rings is 3. The normalized spacial score (nSPS) is 13.5. The van der Waals surface area contributed by atoms with Crippen LogP contribution in [0.15, 0.2) is 60.7 Å². The van der Waals surface area contributed by atoms with Gasteiger partial charge in [-0.2, -0.15) is 0 Å². The van der Waals surface area contributed by atoms with Gasteiger partial charge >= 0.3 is 0 Å². The molecule has 1 N–H and O–H groups in total. The second-order valence-electron chi connectivity index (χ2n) is 15.5. The maximum absolute atomic E-state index is 11.5. The summed E-state index contributed by atoms with van der Waals surface area (Å²) in [5.74, 6) is 10.1. The lowest BCUT2D eigenvalue weighted by molar-refractivity contribution is 0.163. The van der Waals surface area contributed by atoms with Crippen LogP contribution in [0.5, 0.6) is 28.7 Å². The van der Waals surface area contributed by atoms with Gasteiger partial charge in [-0.1, -0.05) is 71.7 Å². The summed E-state index contributed by atoms with van der Waals surface area (Å²) in [6, 6.07) is 19.8. The predicted octanol–water partition coefficient (Wildman–Crippen LogP) is 10.3. The first-order valence-corrected chi connectivity index (χ1v) is 22.7. The van der Waals surface area contributed by atoms with Crippen molar-refractivity contribution in [2.75, 3.05) is 21.3 Å². The quantitative estimate of drug-likeness (QED) is 0.142. The molecule has 0 fully saturated rings. The third kappa shape index (κ3) is 10.1. The highest BCUT2D eigenvalue weighted by atomic mass is 28.4. The van der Waals surface area contributed by atoms with Crippen LogP contribution in [-0.2, 0) is 6.42 Å². The molecule has 0 spiro atoms. The average molecular weight is 691 g/mol. The lowest BCUT2D eigenvalue weighted by atomic mass is 9.89. The Balaban J connectivity index is 1.84. The maximum atomic E-state index is 11.5. The molecule has 3 rings (SSSR count). The second-order valence-corrected chi connectivity index (χ2v) is 25.0. The molecule has 3 aromatic rings. The zero-order valence-electron chi connectivity index (χ0n) is 31.5. The van der Waals surface area contributed by atoms with Crippen LogP contribution in [0, 0.1) is 11.8 Å². The van der Waals surface area contributed by atoms with E-state index >= 15 is 0 Å². The Labute approximate surface area is 292 Å². The number of ether oxygens (including phenoxy) is 3. The van der Waals surface area contributed by atoms with Gasteiger partial charge in [0.05, 0.1) is 38.9 Å². The number of aliphatic hydroxyl groups excluding tert-OH is 1. The van der Waals surface area contributed by atoms with Gasteiger partial charge in [-0.15, -0.1) is 5.92 Å². The summed E-state index contributed by atoms with van der Waals surface area (Å²) in [6.07, 6.45) is 1.05. The van der Waals surface area contributed by atoms with E-state index in [2.05, 4.69) is 104 Å². The fourth-order valence-electron chi connectivity index (χ4n) is 4.76. The van der Waals surface area contributed by atoms with Gasteiger partial charge in [0.1, 0.15) is 28.7 Å². The van der Waals surface area contributed by atoms with E-state index in [1.807, 2.05) is 36.4 Å². The van der Waals surface area contributed by atoms with Gasteiger partial charge in [0.2, 0.25) is 16.6 Å². The van der Waals surface area contributed by atoms with Crippen LogP contribution in [0.1, 0.15) is 83.1 Å². The van der Waals surface area contributed by atoms with Crippen LogP contribution in [0.3, 0.4) is 0 Å². The number of hydrogen-bond donors (Lipinski definition) is 1. The van der Waals surface area contributed by atoms with Crippen molar-refractivity contribution in [2.45, 2.75) is 109 Å². The molecule has 0 aliphatic heterocycles. The van der Waals surface area contributed by atoms with Crippen LogP contribution >= 0.6 is 0 Å². The summed E-state index contributed by atoms with van der Waals surface area (Å²) in [4.78, 5) is 0. The molecule has 0 saturated carbocycles. The van der Waals surface area contributed by atoms with Crippen molar-refractivity contribution in [3.63, 3.8) is 0 Å². The third-order valence-corrected chi connectivity index (χ3v) is 18.6. The molecule has 0 amide bonds. The van der Waals surface area contributed by atoms with Crippen molar-refractivity contribution < 1.29 is 28.2 Å². The highest BCUT2D eigenvalue weighted by molar-refractivity contribution is 6.75. The molecular weight excluding hydrogens is 633 g/mol. The van der Waals surface area contributed by atoms with Gasteiger partial charge in [-0.25, -0.2) is 0 Å². The zero-order chi connectivity index (χ0) is 35.9. The molecule has 0 aromatic heterocycles. The number of rotatable bonds is 13. The van der Waals surface area contributed by atoms with Crippen LogP contribution in [0.25, 0.3) is 0 Å². The summed E-state index contributed by atoms with van der Waals surface area (Å²) in [7, 11) is 0.986. The van der Waals surface area contributed by atoms with E-state index in [-0.39, 0.29) is 16.0 Å². The summed E-state index contributed by atoms with van der Waals surface area (Å²) < 4.78 is 30.0. The minimum Gasteiger partial charge on any atom is -0.544 e. The minimum absolute atomic E-state index is 0.0934. The Hall–Kier alpha value is -3.39. The Morgan fingerprint density at radius 3 is 1.54 bits per heavy atom. The summed E-state index contributed by atoms with van der Waals surface area (Å²) in [5.41, 5.74) is 2.79. The van der Waals surface area contributed by atoms with Gasteiger partial charge in [0, 0.05) is 18.6 Å². The van der Waals surface area contributed by atoms with E-state index < -0.39 is 22.7 Å². The highest BCUT2D eigenvalue weighted by Gasteiger charge is 2.39. The molecule has 0 bridgehead atoms. The zero-order valence-corrected chi connectivity index (χ0v) is 33.5. The van der Waals surface area contributed by atoms with E-state index in [0.717, 1.165) is 29.0 Å². The Kier molecular flexibility index (Phi) is 12.9. The monoisotopic (exact) mass is 690 g/mol. The molecule has 262 valence electrons. The van der Waals surface area contributed by atoms with Gasteiger partial charge in [0.25, 0.3) is 0 Å². The lowest BCUT2D eigenvalue weighted by Crippen LogP contribution is -2.43. The fraction of sp³-hybridized carbons (Fsp3) is 0.500. The van der Waals surface area contributed by atoms with Crippen LogP contribution < -0.4 is 23.1 Å². The molecule has 6 nitrogen and oxygen atoms in total.